The molecule has 0 heterocycles. The number of hydrogen-bond acceptors (Lipinski definition) is 1. The molecule has 1 nitrogen and oxygen atoms in total. The molecule has 0 fully saturated rings. The first-order valence-electron chi connectivity index (χ1n) is 6.47. The van der Waals surface area contributed by atoms with E-state index in [-0.39, 0.29) is 16.9 Å². The van der Waals surface area contributed by atoms with Crippen LogP contribution in [0.3, 0.4) is 0 Å². The average Bonchev–Trinajstić information content (AvgIpc) is 2.43. The van der Waals surface area contributed by atoms with Gasteiger partial charge >= 0.3 is 0 Å². The lowest BCUT2D eigenvalue weighted by molar-refractivity contribution is 0.627. The number of rotatable bonds is 5. The molecule has 0 bridgehead atoms. The van der Waals surface area contributed by atoms with Crippen LogP contribution in [0.25, 0.3) is 0 Å². The van der Waals surface area contributed by atoms with Gasteiger partial charge in [0.1, 0.15) is 5.82 Å². The lowest BCUT2D eigenvalue weighted by atomic mass is 10.0. The molecule has 3 heteroatoms. The first-order chi connectivity index (χ1) is 9.20. The van der Waals surface area contributed by atoms with Crippen LogP contribution in [0.5, 0.6) is 0 Å². The summed E-state index contributed by atoms with van der Waals surface area (Å²) in [5, 5.41) is 3.56. The third kappa shape index (κ3) is 3.71. The summed E-state index contributed by atoms with van der Waals surface area (Å²) in [6.45, 7) is 2.15. The standard InChI is InChI=1S/C16H17ClFN/c1-2-6-16(12-7-4-3-5-8-12)19-13-9-10-15(18)14(17)11-13/h3-5,7-11,16,19H,2,6H2,1H3. The van der Waals surface area contributed by atoms with E-state index in [1.807, 2.05) is 18.2 Å². The van der Waals surface area contributed by atoms with E-state index < -0.39 is 0 Å². The SMILES string of the molecule is CCCC(Nc1ccc(F)c(Cl)c1)c1ccccc1. The minimum absolute atomic E-state index is 0.147. The zero-order valence-electron chi connectivity index (χ0n) is 10.9. The van der Waals surface area contributed by atoms with Crippen LogP contribution >= 0.6 is 11.6 Å². The number of halogens is 2. The second-order valence-electron chi connectivity index (χ2n) is 4.53. The van der Waals surface area contributed by atoms with Crippen molar-refractivity contribution < 1.29 is 4.39 Å². The Kier molecular flexibility index (Phi) is 4.80. The monoisotopic (exact) mass is 277 g/mol. The van der Waals surface area contributed by atoms with E-state index in [9.17, 15) is 4.39 Å². The molecule has 2 aromatic rings. The van der Waals surface area contributed by atoms with E-state index in [0.717, 1.165) is 18.5 Å². The highest BCUT2D eigenvalue weighted by Crippen LogP contribution is 2.26. The van der Waals surface area contributed by atoms with Gasteiger partial charge in [-0.1, -0.05) is 55.3 Å². The maximum atomic E-state index is 13.1. The number of nitrogens with one attached hydrogen (secondary N) is 1. The van der Waals surface area contributed by atoms with E-state index in [2.05, 4.69) is 24.4 Å². The summed E-state index contributed by atoms with van der Waals surface area (Å²) < 4.78 is 13.1. The molecule has 0 aliphatic heterocycles. The zero-order valence-corrected chi connectivity index (χ0v) is 11.6. The molecular weight excluding hydrogens is 261 g/mol. The summed E-state index contributed by atoms with van der Waals surface area (Å²) >= 11 is 5.81. The van der Waals surface area contributed by atoms with Gasteiger partial charge in [-0.3, -0.25) is 0 Å². The minimum atomic E-state index is -0.390. The first-order valence-corrected chi connectivity index (χ1v) is 6.85. The molecule has 2 rings (SSSR count). The van der Waals surface area contributed by atoms with Gasteiger partial charge in [0.2, 0.25) is 0 Å². The molecule has 1 N–H and O–H groups in total. The molecular formula is C16H17ClFN. The Morgan fingerprint density at radius 2 is 1.89 bits per heavy atom. The second kappa shape index (κ2) is 6.58. The van der Waals surface area contributed by atoms with Gasteiger partial charge in [-0.2, -0.15) is 0 Å². The van der Waals surface area contributed by atoms with Crippen molar-refractivity contribution in [3.8, 4) is 0 Å². The fourth-order valence-corrected chi connectivity index (χ4v) is 2.26. The van der Waals surface area contributed by atoms with Crippen molar-refractivity contribution in [2.75, 3.05) is 5.32 Å². The summed E-state index contributed by atoms with van der Waals surface area (Å²) in [5.41, 5.74) is 2.07. The lowest BCUT2D eigenvalue weighted by Gasteiger charge is -2.20. The predicted molar refractivity (Wildman–Crippen MR) is 79.1 cm³/mol. The van der Waals surface area contributed by atoms with Crippen LogP contribution in [0.15, 0.2) is 48.5 Å². The summed E-state index contributed by atoms with van der Waals surface area (Å²) in [7, 11) is 0. The van der Waals surface area contributed by atoms with Gasteiger partial charge in [-0.15, -0.1) is 0 Å². The maximum Gasteiger partial charge on any atom is 0.141 e. The Morgan fingerprint density at radius 1 is 1.16 bits per heavy atom. The second-order valence-corrected chi connectivity index (χ2v) is 4.93. The van der Waals surface area contributed by atoms with Gasteiger partial charge in [0.05, 0.1) is 11.1 Å². The maximum absolute atomic E-state index is 13.1. The van der Waals surface area contributed by atoms with Gasteiger partial charge in [0.15, 0.2) is 0 Å². The summed E-state index contributed by atoms with van der Waals surface area (Å²) in [6, 6.07) is 15.2. The molecule has 0 saturated carbocycles. The highest BCUT2D eigenvalue weighted by molar-refractivity contribution is 6.31. The summed E-state index contributed by atoms with van der Waals surface area (Å²) in [4.78, 5) is 0. The Labute approximate surface area is 118 Å². The van der Waals surface area contributed by atoms with Crippen LogP contribution in [-0.2, 0) is 0 Å². The highest BCUT2D eigenvalue weighted by atomic mass is 35.5. The van der Waals surface area contributed by atoms with Crippen molar-refractivity contribution in [2.24, 2.45) is 0 Å². The van der Waals surface area contributed by atoms with E-state index in [1.165, 1.54) is 11.6 Å². The van der Waals surface area contributed by atoms with Crippen molar-refractivity contribution in [2.45, 2.75) is 25.8 Å². The number of anilines is 1. The van der Waals surface area contributed by atoms with Crippen LogP contribution < -0.4 is 5.32 Å². The molecule has 100 valence electrons. The third-order valence-electron chi connectivity index (χ3n) is 3.04. The van der Waals surface area contributed by atoms with E-state index in [0.29, 0.717) is 0 Å². The molecule has 2 aromatic carbocycles. The molecule has 0 radical (unpaired) electrons. The quantitative estimate of drug-likeness (QED) is 0.768. The molecule has 1 unspecified atom stereocenters. The van der Waals surface area contributed by atoms with Crippen LogP contribution in [0.1, 0.15) is 31.4 Å². The third-order valence-corrected chi connectivity index (χ3v) is 3.33. The topological polar surface area (TPSA) is 12.0 Å². The van der Waals surface area contributed by atoms with E-state index in [4.69, 9.17) is 11.6 Å². The van der Waals surface area contributed by atoms with Crippen LogP contribution in [0.4, 0.5) is 10.1 Å². The number of hydrogen-bond donors (Lipinski definition) is 1. The molecule has 0 aromatic heterocycles. The highest BCUT2D eigenvalue weighted by Gasteiger charge is 2.10. The molecule has 0 saturated heterocycles. The Bertz CT molecular complexity index is 528. The molecule has 0 aliphatic rings. The smallest absolute Gasteiger partial charge is 0.141 e. The van der Waals surface area contributed by atoms with Crippen LogP contribution in [0.2, 0.25) is 5.02 Å². The molecule has 19 heavy (non-hydrogen) atoms. The summed E-state index contributed by atoms with van der Waals surface area (Å²) in [5.74, 6) is -0.390. The minimum Gasteiger partial charge on any atom is -0.378 e. The Balaban J connectivity index is 2.19. The fourth-order valence-electron chi connectivity index (χ4n) is 2.08. The van der Waals surface area contributed by atoms with Crippen molar-refractivity contribution in [1.29, 1.82) is 0 Å². The zero-order chi connectivity index (χ0) is 13.7. The van der Waals surface area contributed by atoms with Gasteiger partial charge in [-0.25, -0.2) is 4.39 Å². The lowest BCUT2D eigenvalue weighted by Crippen LogP contribution is -2.10. The van der Waals surface area contributed by atoms with Gasteiger partial charge in [0, 0.05) is 5.69 Å². The van der Waals surface area contributed by atoms with Gasteiger partial charge in [-0.05, 0) is 30.2 Å². The van der Waals surface area contributed by atoms with Crippen molar-refractivity contribution in [3.05, 3.63) is 64.9 Å². The van der Waals surface area contributed by atoms with E-state index in [1.54, 1.807) is 12.1 Å². The molecule has 0 aliphatic carbocycles. The van der Waals surface area contributed by atoms with Gasteiger partial charge < -0.3 is 5.32 Å². The van der Waals surface area contributed by atoms with Crippen LogP contribution in [-0.4, -0.2) is 0 Å². The van der Waals surface area contributed by atoms with Crippen molar-refractivity contribution >= 4 is 17.3 Å². The molecule has 0 spiro atoms. The van der Waals surface area contributed by atoms with Gasteiger partial charge in [0.25, 0.3) is 0 Å². The first kappa shape index (κ1) is 13.9. The Hall–Kier alpha value is -1.54. The predicted octanol–water partition coefficient (Wildman–Crippen LogP) is 5.43. The fraction of sp³-hybridized carbons (Fsp3) is 0.250. The molecule has 1 atom stereocenters. The molecule has 0 amide bonds. The average molecular weight is 278 g/mol. The van der Waals surface area contributed by atoms with Crippen molar-refractivity contribution in [3.63, 3.8) is 0 Å². The van der Waals surface area contributed by atoms with E-state index >= 15 is 0 Å². The number of benzene rings is 2. The van der Waals surface area contributed by atoms with Crippen LogP contribution in [0, 0.1) is 5.82 Å². The Morgan fingerprint density at radius 3 is 2.53 bits per heavy atom. The normalized spacial score (nSPS) is 12.2. The summed E-state index contributed by atoms with van der Waals surface area (Å²) in [6.07, 6.45) is 2.08. The van der Waals surface area contributed by atoms with Crippen molar-refractivity contribution in [1.82, 2.24) is 0 Å². The largest absolute Gasteiger partial charge is 0.378 e.